The van der Waals surface area contributed by atoms with Gasteiger partial charge >= 0.3 is 29.8 Å². The topological polar surface area (TPSA) is 217 Å². The van der Waals surface area contributed by atoms with E-state index in [-0.39, 0.29) is 111 Å². The molecule has 0 aliphatic heterocycles. The molecule has 0 aromatic heterocycles. The van der Waals surface area contributed by atoms with Crippen molar-refractivity contribution in [2.45, 2.75) is 287 Å². The summed E-state index contributed by atoms with van der Waals surface area (Å²) in [4.78, 5) is 83.2. The molecule has 12 fully saturated rings. The highest BCUT2D eigenvalue weighted by Gasteiger charge is 2.68. The normalized spacial score (nSPS) is 48.8. The van der Waals surface area contributed by atoms with Gasteiger partial charge in [-0.3, -0.25) is 33.6 Å². The molecule has 12 rings (SSSR count). The van der Waals surface area contributed by atoms with Gasteiger partial charge in [0.2, 0.25) is 0 Å². The van der Waals surface area contributed by atoms with E-state index in [1.165, 1.54) is 59.8 Å². The minimum absolute atomic E-state index is 0.00182. The third-order valence-electron chi connectivity index (χ3n) is 29.2. The number of ether oxygens (including phenoxy) is 4. The third-order valence-corrected chi connectivity index (χ3v) is 29.2. The number of Topliss-reactive ketones (excluding diaryl/α,β-unsaturated/α-hetero) is 2. The molecule has 3 N–H and O–H groups in total. The van der Waals surface area contributed by atoms with Gasteiger partial charge in [-0.1, -0.05) is 41.5 Å². The van der Waals surface area contributed by atoms with Gasteiger partial charge in [0.15, 0.2) is 0 Å². The van der Waals surface area contributed by atoms with Gasteiger partial charge < -0.3 is 34.3 Å². The molecule has 0 spiro atoms. The predicted molar refractivity (Wildman–Crippen MR) is 324 cm³/mol. The number of aliphatic hydroxyl groups excluding tert-OH is 2. The number of aliphatic carboxylic acids is 1. The van der Waals surface area contributed by atoms with E-state index in [1.54, 1.807) is 6.92 Å². The molecule has 0 saturated heterocycles. The quantitative estimate of drug-likeness (QED) is 0.145. The third kappa shape index (κ3) is 11.4. The van der Waals surface area contributed by atoms with Crippen LogP contribution in [-0.4, -0.2) is 93.4 Å². The molecule has 12 aliphatic carbocycles. The summed E-state index contributed by atoms with van der Waals surface area (Å²) in [5.41, 5.74) is -0.172. The Labute approximate surface area is 515 Å². The highest BCUT2D eigenvalue weighted by atomic mass is 16.6. The Kier molecular flexibility index (Phi) is 18.8. The van der Waals surface area contributed by atoms with Crippen molar-refractivity contribution in [2.24, 2.45) is 121 Å². The van der Waals surface area contributed by atoms with E-state index in [1.807, 2.05) is 0 Å². The average molecular weight is 1200 g/mol. The number of rotatable bonds is 9. The number of hydrogen-bond donors (Lipinski definition) is 3. The maximum atomic E-state index is 12.9. The Morgan fingerprint density at radius 2 is 0.942 bits per heavy atom. The zero-order valence-electron chi connectivity index (χ0n) is 54.8. The van der Waals surface area contributed by atoms with E-state index in [0.717, 1.165) is 122 Å². The highest BCUT2D eigenvalue weighted by molar-refractivity contribution is 5.88. The Balaban J connectivity index is 0.000000143. The number of carbonyl (C=O) groups excluding carboxylic acids is 6. The molecule has 0 radical (unpaired) electrons. The summed E-state index contributed by atoms with van der Waals surface area (Å²) >= 11 is 0. The number of carboxylic acid groups (broad SMARTS) is 1. The summed E-state index contributed by atoms with van der Waals surface area (Å²) < 4.78 is 22.9. The van der Waals surface area contributed by atoms with E-state index in [9.17, 15) is 43.8 Å². The Morgan fingerprint density at radius 3 is 1.45 bits per heavy atom. The molecular weight excluding hydrogens is 1090 g/mol. The summed E-state index contributed by atoms with van der Waals surface area (Å²) in [6.45, 7) is 23.8. The van der Waals surface area contributed by atoms with Gasteiger partial charge in [0.05, 0.1) is 17.6 Å². The van der Waals surface area contributed by atoms with E-state index >= 15 is 0 Å². The fourth-order valence-electron chi connectivity index (χ4n) is 24.9. The van der Waals surface area contributed by atoms with Crippen LogP contribution >= 0.6 is 0 Å². The van der Waals surface area contributed by atoms with Crippen LogP contribution in [-0.2, 0) is 52.5 Å². The zero-order chi connectivity index (χ0) is 62.4. The molecule has 27 atom stereocenters. The molecule has 0 bridgehead atoms. The molecule has 86 heavy (non-hydrogen) atoms. The number of esters is 4. The summed E-state index contributed by atoms with van der Waals surface area (Å²) in [5, 5.41) is 30.8. The first-order valence-corrected chi connectivity index (χ1v) is 34.7. The monoisotopic (exact) mass is 1200 g/mol. The van der Waals surface area contributed by atoms with Crippen LogP contribution in [0.15, 0.2) is 0 Å². The second-order valence-electron chi connectivity index (χ2n) is 32.6. The second kappa shape index (κ2) is 24.7. The zero-order valence-corrected chi connectivity index (χ0v) is 54.8. The van der Waals surface area contributed by atoms with Crippen LogP contribution < -0.4 is 0 Å². The summed E-state index contributed by atoms with van der Waals surface area (Å²) in [6, 6.07) is 0. The summed E-state index contributed by atoms with van der Waals surface area (Å²) in [7, 11) is 0. The van der Waals surface area contributed by atoms with E-state index in [2.05, 4.69) is 48.5 Å². The molecule has 0 aromatic rings. The molecule has 0 heterocycles. The fraction of sp³-hybridized carbons (Fsp3) is 0.903. The number of ketones is 2. The van der Waals surface area contributed by atoms with Gasteiger partial charge in [0.25, 0.3) is 0 Å². The number of carbonyl (C=O) groups is 7. The van der Waals surface area contributed by atoms with E-state index in [0.29, 0.717) is 89.3 Å². The molecule has 14 heteroatoms. The lowest BCUT2D eigenvalue weighted by Gasteiger charge is -2.62. The van der Waals surface area contributed by atoms with E-state index in [4.69, 9.17) is 24.1 Å². The molecule has 11 unspecified atom stereocenters. The van der Waals surface area contributed by atoms with Crippen molar-refractivity contribution in [1.29, 1.82) is 0 Å². The number of fused-ring (bicyclic) bond motifs is 15. The van der Waals surface area contributed by atoms with Crippen molar-refractivity contribution in [3.05, 3.63) is 0 Å². The minimum Gasteiger partial charge on any atom is -0.481 e. The lowest BCUT2D eigenvalue weighted by Crippen LogP contribution is -2.59. The highest BCUT2D eigenvalue weighted by Crippen LogP contribution is 2.71. The van der Waals surface area contributed by atoms with Crippen LogP contribution in [0, 0.1) is 121 Å². The maximum absolute atomic E-state index is 12.9. The molecule has 12 saturated carbocycles. The number of aliphatic hydroxyl groups is 2. The summed E-state index contributed by atoms with van der Waals surface area (Å²) in [6.07, 6.45) is 24.5. The van der Waals surface area contributed by atoms with Crippen LogP contribution in [0.1, 0.15) is 250 Å². The smallest absolute Gasteiger partial charge is 0.303 e. The van der Waals surface area contributed by atoms with E-state index < -0.39 is 11.4 Å². The van der Waals surface area contributed by atoms with Crippen LogP contribution in [0.3, 0.4) is 0 Å². The van der Waals surface area contributed by atoms with Crippen molar-refractivity contribution < 1.29 is 67.8 Å². The number of hydrogen-bond acceptors (Lipinski definition) is 13. The predicted octanol–water partition coefficient (Wildman–Crippen LogP) is 13.3. The Hall–Kier alpha value is -3.39. The first-order chi connectivity index (χ1) is 40.4. The van der Waals surface area contributed by atoms with Crippen molar-refractivity contribution in [2.75, 3.05) is 0 Å². The van der Waals surface area contributed by atoms with Crippen LogP contribution in [0.4, 0.5) is 0 Å². The van der Waals surface area contributed by atoms with Gasteiger partial charge in [0.1, 0.15) is 36.0 Å². The average Bonchev–Trinajstić information content (AvgIpc) is 1.33. The molecule has 14 nitrogen and oxygen atoms in total. The lowest BCUT2D eigenvalue weighted by atomic mass is 9.43. The molecule has 0 aromatic carbocycles. The SMILES string of the molecule is CC(=O)O[C@@H]1CC[C@]2(C)C3C[C@H](OC(C)=O)[C@]4(C)C(=O)CCC4C3CC[C@@H]2C1.CC(=O)O[C@@H]1CC[C@]2(C)C3C[C@H](OC(C)=O)[C@]4(C)C(C(C)=O)CCC4C3CC[C@@H]2C1.C[C@H](CCC(=O)O)C1CCC2C3CC[C@@H]4C[C@H](O)CC[C@]4(C)C3C[C@H](O)[C@@]21C. The first kappa shape index (κ1) is 65.6. The molecular formula is C72H112O14. The van der Waals surface area contributed by atoms with Crippen LogP contribution in [0.25, 0.3) is 0 Å². The fourth-order valence-corrected chi connectivity index (χ4v) is 24.9. The van der Waals surface area contributed by atoms with Gasteiger partial charge in [0, 0.05) is 51.9 Å². The largest absolute Gasteiger partial charge is 0.481 e. The minimum atomic E-state index is -0.707. The van der Waals surface area contributed by atoms with Crippen molar-refractivity contribution >= 4 is 41.4 Å². The van der Waals surface area contributed by atoms with Gasteiger partial charge in [-0.2, -0.15) is 0 Å². The summed E-state index contributed by atoms with van der Waals surface area (Å²) in [5.74, 6) is 6.16. The van der Waals surface area contributed by atoms with Crippen molar-refractivity contribution in [1.82, 2.24) is 0 Å². The second-order valence-corrected chi connectivity index (χ2v) is 32.6. The van der Waals surface area contributed by atoms with Crippen LogP contribution in [0.5, 0.6) is 0 Å². The molecule has 12 aliphatic rings. The molecule has 484 valence electrons. The van der Waals surface area contributed by atoms with Crippen molar-refractivity contribution in [3.8, 4) is 0 Å². The molecule has 0 amide bonds. The number of carboxylic acids is 1. The Bertz CT molecular complexity index is 2560. The van der Waals surface area contributed by atoms with Crippen LogP contribution in [0.2, 0.25) is 0 Å². The van der Waals surface area contributed by atoms with Gasteiger partial charge in [-0.15, -0.1) is 0 Å². The van der Waals surface area contributed by atoms with Crippen molar-refractivity contribution in [3.63, 3.8) is 0 Å². The van der Waals surface area contributed by atoms with Gasteiger partial charge in [-0.05, 0) is 272 Å². The lowest BCUT2D eigenvalue weighted by molar-refractivity contribution is -0.195. The van der Waals surface area contributed by atoms with Gasteiger partial charge in [-0.25, -0.2) is 0 Å². The maximum Gasteiger partial charge on any atom is 0.303 e. The standard InChI is InChI=1S/C25H38O5.C24H40O4.C23H34O5/c1-14(26)20-8-9-21-19-7-6-17-12-18(29-15(2)27)10-11-24(17,4)22(19)13-23(25(20,21)5)30-16(3)28;1-14(4-9-22(27)28)18-7-8-19-17-6-5-15-12-16(25)10-11-23(15,2)20(17)13-21(26)24(18,19)3;1-13(24)27-16-9-10-22(3)15(11-16)5-6-17-18-7-8-20(26)23(18,4)21(12-19(17)22)28-14(2)25/h17-23H,6-13H2,1-5H3;14-21,25-26H,4-13H2,1-3H3,(H,27,28);15-19,21H,5-12H2,1-4H3/t17-,18-,19?,20?,21?,22?,23+,24+,25-;14-,15-,16-,17?,18?,19?,20?,21+,23+,24-;15-,16-,17?,18?,19?,21+,22+,23+/m111/s1. The first-order valence-electron chi connectivity index (χ1n) is 34.7. The Morgan fingerprint density at radius 1 is 0.488 bits per heavy atom.